The Morgan fingerprint density at radius 2 is 1.90 bits per heavy atom. The van der Waals surface area contributed by atoms with Crippen molar-refractivity contribution >= 4 is 17.3 Å². The molecule has 1 aromatic carbocycles. The molecule has 20 heavy (non-hydrogen) atoms. The van der Waals surface area contributed by atoms with Crippen LogP contribution in [-0.4, -0.2) is 55.0 Å². The van der Waals surface area contributed by atoms with Crippen LogP contribution in [0, 0.1) is 10.1 Å². The topological polar surface area (TPSA) is 78.7 Å². The predicted octanol–water partition coefficient (Wildman–Crippen LogP) is 1.62. The monoisotopic (exact) mass is 280 g/mol. The Bertz CT molecular complexity index is 514. The maximum Gasteiger partial charge on any atom is 0.293 e. The van der Waals surface area contributed by atoms with Gasteiger partial charge in [-0.05, 0) is 33.2 Å². The molecule has 0 saturated heterocycles. The second kappa shape index (κ2) is 6.33. The number of nitro benzene ring substituents is 1. The van der Waals surface area contributed by atoms with Crippen molar-refractivity contribution in [1.82, 2.24) is 9.80 Å². The number of nitrogens with one attached hydrogen (secondary N) is 1. The maximum absolute atomic E-state index is 11.8. The fourth-order valence-corrected chi connectivity index (χ4v) is 1.55. The number of nitro groups is 1. The van der Waals surface area contributed by atoms with Gasteiger partial charge in [0.1, 0.15) is 5.69 Å². The number of amides is 1. The van der Waals surface area contributed by atoms with E-state index in [-0.39, 0.29) is 17.8 Å². The first kappa shape index (κ1) is 15.9. The van der Waals surface area contributed by atoms with Gasteiger partial charge in [-0.15, -0.1) is 0 Å². The van der Waals surface area contributed by atoms with Crippen molar-refractivity contribution < 1.29 is 9.72 Å². The van der Waals surface area contributed by atoms with Gasteiger partial charge >= 0.3 is 0 Å². The van der Waals surface area contributed by atoms with Crippen LogP contribution in [0.5, 0.6) is 0 Å². The quantitative estimate of drug-likeness (QED) is 0.503. The van der Waals surface area contributed by atoms with Gasteiger partial charge < -0.3 is 10.2 Å². The van der Waals surface area contributed by atoms with E-state index in [4.69, 9.17) is 0 Å². The standard InChI is InChI=1S/C13H20N4O3/c1-9(15(2)3)14-11-7-6-10(13(18)16(4)5)8-12(11)17(19)20/h6-9,14H,1-5H3. The summed E-state index contributed by atoms with van der Waals surface area (Å²) in [5.74, 6) is -0.264. The van der Waals surface area contributed by atoms with E-state index in [0.29, 0.717) is 11.3 Å². The van der Waals surface area contributed by atoms with E-state index in [1.165, 1.54) is 11.0 Å². The normalized spacial score (nSPS) is 12.1. The Balaban J connectivity index is 3.15. The number of benzene rings is 1. The van der Waals surface area contributed by atoms with E-state index < -0.39 is 4.92 Å². The number of carbonyl (C=O) groups excluding carboxylic acids is 1. The minimum absolute atomic E-state index is 0.0656. The number of hydrogen-bond acceptors (Lipinski definition) is 5. The van der Waals surface area contributed by atoms with Gasteiger partial charge in [0.25, 0.3) is 11.6 Å². The third-order valence-corrected chi connectivity index (χ3v) is 2.99. The molecule has 0 aromatic heterocycles. The average molecular weight is 280 g/mol. The van der Waals surface area contributed by atoms with E-state index >= 15 is 0 Å². The summed E-state index contributed by atoms with van der Waals surface area (Å²) in [4.78, 5) is 25.8. The van der Waals surface area contributed by atoms with Crippen molar-refractivity contribution in [2.24, 2.45) is 0 Å². The lowest BCUT2D eigenvalue weighted by Gasteiger charge is -2.22. The summed E-state index contributed by atoms with van der Waals surface area (Å²) in [6.07, 6.45) is -0.0656. The second-order valence-corrected chi connectivity index (χ2v) is 4.97. The third-order valence-electron chi connectivity index (χ3n) is 2.99. The molecule has 7 heteroatoms. The van der Waals surface area contributed by atoms with Crippen LogP contribution in [-0.2, 0) is 0 Å². The van der Waals surface area contributed by atoms with Gasteiger partial charge in [0.15, 0.2) is 0 Å². The number of hydrogen-bond donors (Lipinski definition) is 1. The number of carbonyl (C=O) groups is 1. The lowest BCUT2D eigenvalue weighted by Crippen LogP contribution is -2.32. The third kappa shape index (κ3) is 3.67. The molecule has 1 atom stereocenters. The van der Waals surface area contributed by atoms with Gasteiger partial charge in [-0.2, -0.15) is 0 Å². The fourth-order valence-electron chi connectivity index (χ4n) is 1.55. The predicted molar refractivity (Wildman–Crippen MR) is 77.9 cm³/mol. The number of nitrogens with zero attached hydrogens (tertiary/aromatic N) is 3. The molecular formula is C13H20N4O3. The van der Waals surface area contributed by atoms with Crippen molar-refractivity contribution in [3.05, 3.63) is 33.9 Å². The Morgan fingerprint density at radius 3 is 2.35 bits per heavy atom. The highest BCUT2D eigenvalue weighted by atomic mass is 16.6. The first-order valence-electron chi connectivity index (χ1n) is 6.17. The van der Waals surface area contributed by atoms with Crippen molar-refractivity contribution in [3.8, 4) is 0 Å². The maximum atomic E-state index is 11.8. The largest absolute Gasteiger partial charge is 0.364 e. The van der Waals surface area contributed by atoms with Gasteiger partial charge in [0.05, 0.1) is 11.1 Å². The van der Waals surface area contributed by atoms with Crippen LogP contribution in [0.3, 0.4) is 0 Å². The van der Waals surface area contributed by atoms with Crippen LogP contribution in [0.2, 0.25) is 0 Å². The van der Waals surface area contributed by atoms with E-state index in [0.717, 1.165) is 0 Å². The average Bonchev–Trinajstić information content (AvgIpc) is 2.37. The molecule has 0 bridgehead atoms. The zero-order valence-corrected chi connectivity index (χ0v) is 12.4. The summed E-state index contributed by atoms with van der Waals surface area (Å²) < 4.78 is 0. The molecule has 0 aliphatic carbocycles. The molecule has 0 fully saturated rings. The smallest absolute Gasteiger partial charge is 0.293 e. The molecule has 1 unspecified atom stereocenters. The second-order valence-electron chi connectivity index (χ2n) is 4.97. The molecule has 1 aromatic rings. The molecule has 0 aliphatic heterocycles. The number of anilines is 1. The minimum Gasteiger partial charge on any atom is -0.364 e. The van der Waals surface area contributed by atoms with Crippen LogP contribution in [0.1, 0.15) is 17.3 Å². The van der Waals surface area contributed by atoms with Gasteiger partial charge in [-0.25, -0.2) is 0 Å². The molecule has 0 saturated carbocycles. The summed E-state index contributed by atoms with van der Waals surface area (Å²) in [6, 6.07) is 4.45. The molecule has 7 nitrogen and oxygen atoms in total. The van der Waals surface area contributed by atoms with Crippen LogP contribution in [0.25, 0.3) is 0 Å². The van der Waals surface area contributed by atoms with Gasteiger partial charge in [0, 0.05) is 25.7 Å². The zero-order chi connectivity index (χ0) is 15.4. The van der Waals surface area contributed by atoms with Crippen LogP contribution in [0.4, 0.5) is 11.4 Å². The lowest BCUT2D eigenvalue weighted by atomic mass is 10.1. The summed E-state index contributed by atoms with van der Waals surface area (Å²) in [6.45, 7) is 1.89. The van der Waals surface area contributed by atoms with E-state index in [1.54, 1.807) is 26.2 Å². The first-order valence-corrected chi connectivity index (χ1v) is 6.17. The van der Waals surface area contributed by atoms with Gasteiger partial charge in [-0.1, -0.05) is 0 Å². The van der Waals surface area contributed by atoms with Crippen LogP contribution >= 0.6 is 0 Å². The molecule has 110 valence electrons. The summed E-state index contributed by atoms with van der Waals surface area (Å²) in [5.41, 5.74) is 0.586. The first-order chi connectivity index (χ1) is 9.23. The molecular weight excluding hydrogens is 260 g/mol. The van der Waals surface area contributed by atoms with Gasteiger partial charge in [-0.3, -0.25) is 19.8 Å². The van der Waals surface area contributed by atoms with E-state index in [9.17, 15) is 14.9 Å². The molecule has 0 aliphatic rings. The van der Waals surface area contributed by atoms with E-state index in [1.807, 2.05) is 25.9 Å². The van der Waals surface area contributed by atoms with Gasteiger partial charge in [0.2, 0.25) is 0 Å². The zero-order valence-electron chi connectivity index (χ0n) is 12.4. The highest BCUT2D eigenvalue weighted by Crippen LogP contribution is 2.26. The van der Waals surface area contributed by atoms with Crippen LogP contribution < -0.4 is 5.32 Å². The van der Waals surface area contributed by atoms with E-state index in [2.05, 4.69) is 5.32 Å². The molecule has 1 amide bonds. The molecule has 0 radical (unpaired) electrons. The molecule has 0 heterocycles. The highest BCUT2D eigenvalue weighted by molar-refractivity contribution is 5.95. The lowest BCUT2D eigenvalue weighted by molar-refractivity contribution is -0.384. The SMILES string of the molecule is CC(Nc1ccc(C(=O)N(C)C)cc1[N+](=O)[O-])N(C)C. The molecule has 1 rings (SSSR count). The van der Waals surface area contributed by atoms with Crippen LogP contribution in [0.15, 0.2) is 18.2 Å². The van der Waals surface area contributed by atoms with Crippen molar-refractivity contribution in [2.75, 3.05) is 33.5 Å². The summed E-state index contributed by atoms with van der Waals surface area (Å²) >= 11 is 0. The van der Waals surface area contributed by atoms with Crippen molar-refractivity contribution in [2.45, 2.75) is 13.1 Å². The Morgan fingerprint density at radius 1 is 1.30 bits per heavy atom. The van der Waals surface area contributed by atoms with Crippen molar-refractivity contribution in [1.29, 1.82) is 0 Å². The fraction of sp³-hybridized carbons (Fsp3) is 0.462. The molecule has 0 spiro atoms. The number of rotatable bonds is 5. The summed E-state index contributed by atoms with van der Waals surface area (Å²) in [5, 5.41) is 14.2. The highest BCUT2D eigenvalue weighted by Gasteiger charge is 2.19. The Hall–Kier alpha value is -2.15. The Kier molecular flexibility index (Phi) is 5.04. The van der Waals surface area contributed by atoms with Crippen molar-refractivity contribution in [3.63, 3.8) is 0 Å². The Labute approximate surface area is 118 Å². The molecule has 1 N–H and O–H groups in total. The minimum atomic E-state index is -0.489. The summed E-state index contributed by atoms with van der Waals surface area (Å²) in [7, 11) is 6.95.